The number of aromatic nitrogens is 2. The third kappa shape index (κ3) is 7.54. The molecule has 2 heterocycles. The number of aryl methyl sites for hydroxylation is 1. The number of halogens is 1. The first-order chi connectivity index (χ1) is 13.2. The van der Waals surface area contributed by atoms with Gasteiger partial charge in [-0.3, -0.25) is 4.99 Å². The molecule has 154 valence electrons. The Morgan fingerprint density at radius 2 is 2.07 bits per heavy atom. The van der Waals surface area contributed by atoms with E-state index in [4.69, 9.17) is 4.74 Å². The minimum absolute atomic E-state index is 0. The van der Waals surface area contributed by atoms with Crippen LogP contribution in [0.5, 0.6) is 5.88 Å². The van der Waals surface area contributed by atoms with E-state index in [0.29, 0.717) is 12.6 Å². The number of ether oxygens (including phenoxy) is 1. The average Bonchev–Trinajstić information content (AvgIpc) is 3.11. The minimum atomic E-state index is 0. The van der Waals surface area contributed by atoms with Crippen LogP contribution >= 0.6 is 35.3 Å². The summed E-state index contributed by atoms with van der Waals surface area (Å²) in [5.41, 5.74) is 2.22. The highest BCUT2D eigenvalue weighted by atomic mass is 127. The lowest BCUT2D eigenvalue weighted by Crippen LogP contribution is -2.37. The first-order valence-corrected chi connectivity index (χ1v) is 10.6. The molecule has 0 radical (unpaired) electrons. The number of rotatable bonds is 7. The second-order valence-corrected chi connectivity index (χ2v) is 7.91. The van der Waals surface area contributed by atoms with Crippen molar-refractivity contribution < 1.29 is 4.74 Å². The number of guanidine groups is 1. The van der Waals surface area contributed by atoms with Gasteiger partial charge in [-0.1, -0.05) is 12.5 Å². The summed E-state index contributed by atoms with van der Waals surface area (Å²) in [6.45, 7) is 3.50. The van der Waals surface area contributed by atoms with Crippen LogP contribution in [0, 0.1) is 6.92 Å². The maximum Gasteiger partial charge on any atom is 0.213 e. The second kappa shape index (κ2) is 12.2. The molecule has 0 spiro atoms. The highest BCUT2D eigenvalue weighted by Gasteiger charge is 2.15. The highest BCUT2D eigenvalue weighted by molar-refractivity contribution is 14.0. The molecule has 1 saturated carbocycles. The van der Waals surface area contributed by atoms with Gasteiger partial charge in [-0.25, -0.2) is 9.97 Å². The van der Waals surface area contributed by atoms with Gasteiger partial charge < -0.3 is 15.4 Å². The van der Waals surface area contributed by atoms with Gasteiger partial charge in [0, 0.05) is 44.2 Å². The average molecular weight is 515 g/mol. The van der Waals surface area contributed by atoms with Crippen molar-refractivity contribution in [2.24, 2.45) is 4.99 Å². The molecule has 1 aliphatic carbocycles. The lowest BCUT2D eigenvalue weighted by molar-refractivity contribution is 0.148. The fourth-order valence-corrected chi connectivity index (χ4v) is 3.82. The number of aliphatic imine (C=N–C) groups is 1. The van der Waals surface area contributed by atoms with E-state index < -0.39 is 0 Å². The van der Waals surface area contributed by atoms with Gasteiger partial charge in [0.2, 0.25) is 5.88 Å². The van der Waals surface area contributed by atoms with Crippen LogP contribution in [0.2, 0.25) is 0 Å². The number of nitrogens with zero attached hydrogens (tertiary/aromatic N) is 3. The molecule has 2 aromatic rings. The number of pyridine rings is 1. The lowest BCUT2D eigenvalue weighted by atomic mass is 9.98. The molecule has 0 unspecified atom stereocenters. The van der Waals surface area contributed by atoms with E-state index >= 15 is 0 Å². The van der Waals surface area contributed by atoms with Crippen LogP contribution in [0.3, 0.4) is 0 Å². The van der Waals surface area contributed by atoms with Crippen molar-refractivity contribution in [3.05, 3.63) is 40.0 Å². The number of nitrogens with one attached hydrogen (secondary N) is 2. The van der Waals surface area contributed by atoms with E-state index in [0.717, 1.165) is 53.9 Å². The normalized spacial score (nSPS) is 15.0. The van der Waals surface area contributed by atoms with Crippen molar-refractivity contribution in [3.8, 4) is 5.88 Å². The predicted molar refractivity (Wildman–Crippen MR) is 126 cm³/mol. The van der Waals surface area contributed by atoms with Gasteiger partial charge in [0.25, 0.3) is 0 Å². The highest BCUT2D eigenvalue weighted by Crippen LogP contribution is 2.22. The van der Waals surface area contributed by atoms with Crippen LogP contribution in [-0.2, 0) is 13.0 Å². The van der Waals surface area contributed by atoms with E-state index in [-0.39, 0.29) is 24.0 Å². The van der Waals surface area contributed by atoms with Gasteiger partial charge in [-0.15, -0.1) is 35.3 Å². The van der Waals surface area contributed by atoms with Gasteiger partial charge in [0.15, 0.2) is 5.96 Å². The Bertz CT molecular complexity index is 728. The summed E-state index contributed by atoms with van der Waals surface area (Å²) in [7, 11) is 1.78. The Balaban J connectivity index is 0.00000280. The van der Waals surface area contributed by atoms with Gasteiger partial charge in [-0.2, -0.15) is 0 Å². The monoisotopic (exact) mass is 515 g/mol. The Hall–Kier alpha value is -1.42. The quantitative estimate of drug-likeness (QED) is 0.331. The van der Waals surface area contributed by atoms with E-state index in [1.165, 1.54) is 19.3 Å². The maximum atomic E-state index is 5.98. The molecule has 2 aromatic heterocycles. The van der Waals surface area contributed by atoms with E-state index in [1.54, 1.807) is 18.4 Å². The molecule has 6 nitrogen and oxygen atoms in total. The smallest absolute Gasteiger partial charge is 0.213 e. The van der Waals surface area contributed by atoms with Crippen molar-refractivity contribution in [1.29, 1.82) is 0 Å². The summed E-state index contributed by atoms with van der Waals surface area (Å²) in [4.78, 5) is 13.2. The Kier molecular flexibility index (Phi) is 9.97. The molecule has 0 saturated heterocycles. The summed E-state index contributed by atoms with van der Waals surface area (Å²) in [5, 5.41) is 9.85. The van der Waals surface area contributed by atoms with Crippen molar-refractivity contribution in [1.82, 2.24) is 20.6 Å². The minimum Gasteiger partial charge on any atom is -0.474 e. The van der Waals surface area contributed by atoms with Crippen LogP contribution in [-0.4, -0.2) is 35.6 Å². The predicted octanol–water partition coefficient (Wildman–Crippen LogP) is 4.08. The zero-order valence-corrected chi connectivity index (χ0v) is 19.8. The zero-order chi connectivity index (χ0) is 18.9. The Labute approximate surface area is 188 Å². The SMILES string of the molecule is CN=C(NCCc1csc(C)n1)NCc1ccc(OC2CCCCC2)nc1.I. The molecule has 0 amide bonds. The topological polar surface area (TPSA) is 71.4 Å². The molecule has 1 fully saturated rings. The van der Waals surface area contributed by atoms with Gasteiger partial charge in [0.05, 0.1) is 10.7 Å². The Morgan fingerprint density at radius 1 is 1.25 bits per heavy atom. The molecule has 0 aromatic carbocycles. The Morgan fingerprint density at radius 3 is 2.71 bits per heavy atom. The fourth-order valence-electron chi connectivity index (χ4n) is 3.18. The summed E-state index contributed by atoms with van der Waals surface area (Å²) in [6, 6.07) is 4.02. The second-order valence-electron chi connectivity index (χ2n) is 6.84. The van der Waals surface area contributed by atoms with Crippen LogP contribution in [0.1, 0.15) is 48.4 Å². The van der Waals surface area contributed by atoms with Crippen molar-refractivity contribution in [2.75, 3.05) is 13.6 Å². The molecular weight excluding hydrogens is 485 g/mol. The largest absolute Gasteiger partial charge is 0.474 e. The van der Waals surface area contributed by atoms with Gasteiger partial charge in [0.1, 0.15) is 6.10 Å². The third-order valence-electron chi connectivity index (χ3n) is 4.66. The zero-order valence-electron chi connectivity index (χ0n) is 16.6. The van der Waals surface area contributed by atoms with Crippen molar-refractivity contribution >= 4 is 41.3 Å². The van der Waals surface area contributed by atoms with Crippen LogP contribution in [0.15, 0.2) is 28.7 Å². The molecule has 28 heavy (non-hydrogen) atoms. The molecule has 0 aliphatic heterocycles. The number of thiazole rings is 1. The van der Waals surface area contributed by atoms with Gasteiger partial charge in [-0.05, 0) is 38.2 Å². The molecule has 3 rings (SSSR count). The number of hydrogen-bond donors (Lipinski definition) is 2. The molecular formula is C20H30IN5OS. The van der Waals surface area contributed by atoms with Crippen LogP contribution in [0.4, 0.5) is 0 Å². The van der Waals surface area contributed by atoms with E-state index in [2.05, 4.69) is 37.0 Å². The molecule has 0 bridgehead atoms. The molecule has 0 atom stereocenters. The van der Waals surface area contributed by atoms with Crippen LogP contribution in [0.25, 0.3) is 0 Å². The maximum absolute atomic E-state index is 5.98. The number of hydrogen-bond acceptors (Lipinski definition) is 5. The first kappa shape index (κ1) is 22.9. The summed E-state index contributed by atoms with van der Waals surface area (Å²) in [6.07, 6.45) is 9.25. The lowest BCUT2D eigenvalue weighted by Gasteiger charge is -2.22. The van der Waals surface area contributed by atoms with Gasteiger partial charge >= 0.3 is 0 Å². The van der Waals surface area contributed by atoms with Crippen molar-refractivity contribution in [2.45, 2.75) is 58.1 Å². The fraction of sp³-hybridized carbons (Fsp3) is 0.550. The standard InChI is InChI=1S/C20H29N5OS.HI/c1-15-25-17(14-27-15)10-11-22-20(21-2)24-13-16-8-9-19(23-12-16)26-18-6-4-3-5-7-18;/h8-9,12,14,18H,3-7,10-11,13H2,1-2H3,(H2,21,22,24);1H. The summed E-state index contributed by atoms with van der Waals surface area (Å²) >= 11 is 1.69. The van der Waals surface area contributed by atoms with E-state index in [1.807, 2.05) is 19.2 Å². The van der Waals surface area contributed by atoms with E-state index in [9.17, 15) is 0 Å². The van der Waals surface area contributed by atoms with Crippen molar-refractivity contribution in [3.63, 3.8) is 0 Å². The van der Waals surface area contributed by atoms with Crippen LogP contribution < -0.4 is 15.4 Å². The first-order valence-electron chi connectivity index (χ1n) is 9.70. The molecule has 2 N–H and O–H groups in total. The third-order valence-corrected chi connectivity index (χ3v) is 5.48. The molecule has 1 aliphatic rings. The summed E-state index contributed by atoms with van der Waals surface area (Å²) in [5.74, 6) is 1.51. The summed E-state index contributed by atoms with van der Waals surface area (Å²) < 4.78 is 5.98. The molecule has 8 heteroatoms.